The summed E-state index contributed by atoms with van der Waals surface area (Å²) in [4.78, 5) is 12.4. The molecule has 0 fully saturated rings. The zero-order valence-corrected chi connectivity index (χ0v) is 12.2. The van der Waals surface area contributed by atoms with E-state index in [9.17, 15) is 10.0 Å². The molecule has 0 atom stereocenters. The third-order valence-corrected chi connectivity index (χ3v) is 3.70. The smallest absolute Gasteiger partial charge is 0.272 e. The number of fused-ring (bicyclic) bond motifs is 1. The Balaban J connectivity index is 2.11. The van der Waals surface area contributed by atoms with Crippen molar-refractivity contribution < 1.29 is 14.3 Å². The number of carbonyl (C=O) groups excluding carboxylic acids is 1. The molecule has 1 aliphatic rings. The van der Waals surface area contributed by atoms with Crippen molar-refractivity contribution in [2.45, 2.75) is 0 Å². The van der Waals surface area contributed by atoms with Crippen LogP contribution in [-0.4, -0.2) is 23.3 Å². The van der Waals surface area contributed by atoms with Crippen LogP contribution in [-0.2, 0) is 0 Å². The topological polar surface area (TPSA) is 52.4 Å². The van der Waals surface area contributed by atoms with Crippen LogP contribution in [0.25, 0.3) is 0 Å². The standard InChI is InChI=1S/C15H10BrNO3/c1-20-11-5-2-9(3-6-11)14-15(18)12-8-10(16)4-7-13(12)17(14)19/h2-8H,1H3. The van der Waals surface area contributed by atoms with Gasteiger partial charge in [-0.1, -0.05) is 15.9 Å². The van der Waals surface area contributed by atoms with E-state index in [4.69, 9.17) is 4.74 Å². The lowest BCUT2D eigenvalue weighted by Crippen LogP contribution is -2.16. The van der Waals surface area contributed by atoms with Gasteiger partial charge in [-0.05, 0) is 36.4 Å². The van der Waals surface area contributed by atoms with Gasteiger partial charge in [-0.15, -0.1) is 0 Å². The summed E-state index contributed by atoms with van der Waals surface area (Å²) in [6, 6.07) is 11.9. The first-order chi connectivity index (χ1) is 9.61. The number of ether oxygens (including phenoxy) is 1. The fraction of sp³-hybridized carbons (Fsp3) is 0.0667. The maximum absolute atomic E-state index is 12.4. The van der Waals surface area contributed by atoms with Crippen molar-refractivity contribution in [3.05, 3.63) is 63.3 Å². The molecule has 4 nitrogen and oxygen atoms in total. The van der Waals surface area contributed by atoms with Gasteiger partial charge in [0.05, 0.1) is 12.7 Å². The van der Waals surface area contributed by atoms with Crippen LogP contribution in [0, 0.1) is 5.21 Å². The molecule has 5 heteroatoms. The van der Waals surface area contributed by atoms with E-state index in [1.54, 1.807) is 49.6 Å². The molecule has 0 bridgehead atoms. The van der Waals surface area contributed by atoms with E-state index in [2.05, 4.69) is 15.9 Å². The molecule has 3 rings (SSSR count). The first-order valence-corrected chi connectivity index (χ1v) is 6.74. The normalized spacial score (nSPS) is 13.6. The van der Waals surface area contributed by atoms with E-state index in [0.29, 0.717) is 27.3 Å². The molecule has 0 N–H and O–H groups in total. The third-order valence-electron chi connectivity index (χ3n) is 3.20. The van der Waals surface area contributed by atoms with Gasteiger partial charge in [0.1, 0.15) is 11.3 Å². The van der Waals surface area contributed by atoms with Crippen LogP contribution in [0.3, 0.4) is 0 Å². The first kappa shape index (κ1) is 12.9. The number of ketones is 1. The summed E-state index contributed by atoms with van der Waals surface area (Å²) in [5, 5.41) is 12.3. The molecule has 20 heavy (non-hydrogen) atoms. The molecule has 0 unspecified atom stereocenters. The van der Waals surface area contributed by atoms with Crippen LogP contribution in [0.15, 0.2) is 46.9 Å². The molecule has 2 aromatic carbocycles. The molecule has 0 aromatic heterocycles. The van der Waals surface area contributed by atoms with Gasteiger partial charge in [0, 0.05) is 10.5 Å². The van der Waals surface area contributed by atoms with Crippen LogP contribution in [0.2, 0.25) is 0 Å². The highest BCUT2D eigenvalue weighted by molar-refractivity contribution is 9.10. The highest BCUT2D eigenvalue weighted by Gasteiger charge is 2.36. The SMILES string of the molecule is COc1ccc(C2=[N+]([O-])c3ccc(Br)cc3C2=O)cc1. The Hall–Kier alpha value is -2.14. The molecular formula is C15H10BrNO3. The number of rotatable bonds is 2. The van der Waals surface area contributed by atoms with E-state index in [1.165, 1.54) is 0 Å². The Bertz CT molecular complexity index is 735. The quantitative estimate of drug-likeness (QED) is 0.626. The number of nitrogens with zero attached hydrogens (tertiary/aromatic N) is 1. The molecule has 0 aliphatic carbocycles. The molecule has 0 saturated heterocycles. The van der Waals surface area contributed by atoms with Crippen molar-refractivity contribution in [1.82, 2.24) is 0 Å². The summed E-state index contributed by atoms with van der Waals surface area (Å²) < 4.78 is 6.53. The molecule has 100 valence electrons. The van der Waals surface area contributed by atoms with Gasteiger partial charge < -0.3 is 9.94 Å². The molecule has 0 spiro atoms. The summed E-state index contributed by atoms with van der Waals surface area (Å²) in [5.74, 6) is 0.416. The molecule has 0 amide bonds. The number of benzene rings is 2. The van der Waals surface area contributed by atoms with Gasteiger partial charge in [0.2, 0.25) is 5.69 Å². The Labute approximate surface area is 124 Å². The van der Waals surface area contributed by atoms with Crippen molar-refractivity contribution in [2.75, 3.05) is 7.11 Å². The highest BCUT2D eigenvalue weighted by Crippen LogP contribution is 2.30. The van der Waals surface area contributed by atoms with Gasteiger partial charge >= 0.3 is 0 Å². The lowest BCUT2D eigenvalue weighted by Gasteiger charge is -2.03. The van der Waals surface area contributed by atoms with Crippen molar-refractivity contribution in [2.24, 2.45) is 0 Å². The number of methoxy groups -OCH3 is 1. The monoisotopic (exact) mass is 331 g/mol. The Morgan fingerprint density at radius 2 is 1.85 bits per heavy atom. The summed E-state index contributed by atoms with van der Waals surface area (Å²) in [6.45, 7) is 0. The van der Waals surface area contributed by atoms with E-state index in [0.717, 1.165) is 4.47 Å². The zero-order valence-electron chi connectivity index (χ0n) is 10.6. The lowest BCUT2D eigenvalue weighted by atomic mass is 10.0. The number of hydrogen-bond acceptors (Lipinski definition) is 3. The predicted molar refractivity (Wildman–Crippen MR) is 78.9 cm³/mol. The maximum Gasteiger partial charge on any atom is 0.272 e. The average Bonchev–Trinajstić information content (AvgIpc) is 2.71. The van der Waals surface area contributed by atoms with E-state index >= 15 is 0 Å². The second-order valence-corrected chi connectivity index (χ2v) is 5.28. The van der Waals surface area contributed by atoms with Crippen LogP contribution in [0.1, 0.15) is 15.9 Å². The average molecular weight is 332 g/mol. The molecule has 2 aromatic rings. The number of carbonyl (C=O) groups is 1. The molecular weight excluding hydrogens is 322 g/mol. The fourth-order valence-electron chi connectivity index (χ4n) is 2.20. The van der Waals surface area contributed by atoms with Crippen molar-refractivity contribution in [3.63, 3.8) is 0 Å². The first-order valence-electron chi connectivity index (χ1n) is 5.94. The summed E-state index contributed by atoms with van der Waals surface area (Å²) in [5.41, 5.74) is 1.52. The van der Waals surface area contributed by atoms with Gasteiger partial charge in [0.15, 0.2) is 0 Å². The minimum Gasteiger partial charge on any atom is -0.618 e. The number of hydrogen-bond donors (Lipinski definition) is 0. The van der Waals surface area contributed by atoms with Crippen LogP contribution >= 0.6 is 15.9 Å². The zero-order chi connectivity index (χ0) is 14.3. The minimum absolute atomic E-state index is 0.140. The fourth-order valence-corrected chi connectivity index (χ4v) is 2.57. The number of Topliss-reactive ketones (excluding diaryl/α,β-unsaturated/α-hetero) is 1. The number of halogens is 1. The molecule has 1 aliphatic heterocycles. The largest absolute Gasteiger partial charge is 0.618 e. The van der Waals surface area contributed by atoms with E-state index < -0.39 is 0 Å². The summed E-state index contributed by atoms with van der Waals surface area (Å²) in [6.07, 6.45) is 0. The predicted octanol–water partition coefficient (Wildman–Crippen LogP) is 3.29. The summed E-state index contributed by atoms with van der Waals surface area (Å²) >= 11 is 3.31. The maximum atomic E-state index is 12.4. The van der Waals surface area contributed by atoms with Crippen molar-refractivity contribution in [3.8, 4) is 5.75 Å². The van der Waals surface area contributed by atoms with Crippen molar-refractivity contribution in [1.29, 1.82) is 0 Å². The molecule has 1 heterocycles. The van der Waals surface area contributed by atoms with E-state index in [1.807, 2.05) is 0 Å². The lowest BCUT2D eigenvalue weighted by molar-refractivity contribution is -0.355. The van der Waals surface area contributed by atoms with E-state index in [-0.39, 0.29) is 11.5 Å². The second-order valence-electron chi connectivity index (χ2n) is 4.36. The van der Waals surface area contributed by atoms with Gasteiger partial charge in [-0.2, -0.15) is 4.74 Å². The third kappa shape index (κ3) is 1.91. The van der Waals surface area contributed by atoms with Crippen LogP contribution < -0.4 is 4.74 Å². The van der Waals surface area contributed by atoms with Gasteiger partial charge in [-0.25, -0.2) is 0 Å². The van der Waals surface area contributed by atoms with Gasteiger partial charge in [-0.3, -0.25) is 4.79 Å². The molecule has 0 radical (unpaired) electrons. The Morgan fingerprint density at radius 1 is 1.15 bits per heavy atom. The Morgan fingerprint density at radius 3 is 2.50 bits per heavy atom. The van der Waals surface area contributed by atoms with Crippen LogP contribution in [0.5, 0.6) is 5.75 Å². The molecule has 0 saturated carbocycles. The second kappa shape index (κ2) is 4.76. The Kier molecular flexibility index (Phi) is 3.06. The summed E-state index contributed by atoms with van der Waals surface area (Å²) in [7, 11) is 1.57. The van der Waals surface area contributed by atoms with Crippen LogP contribution in [0.4, 0.5) is 5.69 Å². The minimum atomic E-state index is -0.263. The van der Waals surface area contributed by atoms with Gasteiger partial charge in [0.25, 0.3) is 11.5 Å². The van der Waals surface area contributed by atoms with Crippen molar-refractivity contribution >= 4 is 33.1 Å². The highest BCUT2D eigenvalue weighted by atomic mass is 79.9.